The lowest BCUT2D eigenvalue weighted by Crippen LogP contribution is -2.04. The van der Waals surface area contributed by atoms with Crippen LogP contribution in [0, 0.1) is 0 Å². The monoisotopic (exact) mass is 426 g/mol. The third kappa shape index (κ3) is 3.75. The lowest BCUT2D eigenvalue weighted by molar-refractivity contribution is 0.105. The molecule has 3 aromatic rings. The van der Waals surface area contributed by atoms with Crippen LogP contribution in [0.1, 0.15) is 21.7 Å². The van der Waals surface area contributed by atoms with E-state index in [4.69, 9.17) is 23.2 Å². The van der Waals surface area contributed by atoms with E-state index in [1.54, 1.807) is 42.7 Å². The third-order valence-electron chi connectivity index (χ3n) is 3.09. The summed E-state index contributed by atoms with van der Waals surface area (Å²) in [5.41, 5.74) is 1.73. The first-order valence-corrected chi connectivity index (χ1v) is 8.87. The topological polar surface area (TPSA) is 45.8 Å². The molecule has 3 rings (SSSR count). The molecule has 116 valence electrons. The average molecular weight is 428 g/mol. The largest absolute Gasteiger partial charge is 0.345 e. The van der Waals surface area contributed by atoms with Crippen LogP contribution in [0.25, 0.3) is 11.6 Å². The molecule has 7 heteroatoms. The molecule has 0 radical (unpaired) electrons. The van der Waals surface area contributed by atoms with E-state index in [-0.39, 0.29) is 5.78 Å². The number of aromatic nitrogens is 2. The number of aromatic amines is 1. The number of imidazole rings is 1. The highest BCUT2D eigenvalue weighted by Crippen LogP contribution is 2.34. The quantitative estimate of drug-likeness (QED) is 0.412. The summed E-state index contributed by atoms with van der Waals surface area (Å²) in [6, 6.07) is 8.61. The molecule has 1 N–H and O–H groups in total. The maximum Gasteiger partial charge on any atom is 0.196 e. The number of hydrogen-bond donors (Lipinski definition) is 1. The second-order valence-corrected chi connectivity index (χ2v) is 8.08. The molecule has 0 fully saturated rings. The summed E-state index contributed by atoms with van der Waals surface area (Å²) in [5, 5.41) is 0.579. The molecule has 0 aliphatic heterocycles. The van der Waals surface area contributed by atoms with Crippen LogP contribution in [0.15, 0.2) is 46.5 Å². The highest BCUT2D eigenvalue weighted by molar-refractivity contribution is 9.11. The summed E-state index contributed by atoms with van der Waals surface area (Å²) < 4.78 is 1.50. The van der Waals surface area contributed by atoms with Crippen LogP contribution in [0.3, 0.4) is 0 Å². The molecule has 0 bridgehead atoms. The van der Waals surface area contributed by atoms with Crippen LogP contribution in [-0.2, 0) is 0 Å². The number of Topliss-reactive ketones (excluding diaryl/α,β-unsaturated/α-hetero) is 1. The summed E-state index contributed by atoms with van der Waals surface area (Å²) in [6.45, 7) is 0. The van der Waals surface area contributed by atoms with Gasteiger partial charge >= 0.3 is 0 Å². The number of carbonyl (C=O) groups is 1. The van der Waals surface area contributed by atoms with Gasteiger partial charge in [0.25, 0.3) is 0 Å². The van der Waals surface area contributed by atoms with E-state index in [2.05, 4.69) is 25.9 Å². The zero-order chi connectivity index (χ0) is 16.4. The van der Waals surface area contributed by atoms with Crippen molar-refractivity contribution in [2.75, 3.05) is 0 Å². The molecule has 0 amide bonds. The lowest BCUT2D eigenvalue weighted by Gasteiger charge is -2.05. The van der Waals surface area contributed by atoms with E-state index in [1.807, 2.05) is 6.07 Å². The molecule has 2 aromatic heterocycles. The maximum absolute atomic E-state index is 12.9. The van der Waals surface area contributed by atoms with Crippen molar-refractivity contribution in [3.63, 3.8) is 0 Å². The van der Waals surface area contributed by atoms with Crippen LogP contribution in [0.5, 0.6) is 0 Å². The van der Waals surface area contributed by atoms with Crippen molar-refractivity contribution in [3.8, 4) is 0 Å². The lowest BCUT2D eigenvalue weighted by atomic mass is 10.0. The number of nitrogens with zero attached hydrogens (tertiary/aromatic N) is 1. The molecule has 1 aromatic carbocycles. The van der Waals surface area contributed by atoms with E-state index in [1.165, 1.54) is 11.3 Å². The van der Waals surface area contributed by atoms with Crippen molar-refractivity contribution in [1.82, 2.24) is 9.97 Å². The van der Waals surface area contributed by atoms with Crippen LogP contribution < -0.4 is 0 Å². The van der Waals surface area contributed by atoms with Crippen molar-refractivity contribution in [2.45, 2.75) is 0 Å². The second kappa shape index (κ2) is 7.01. The summed E-state index contributed by atoms with van der Waals surface area (Å²) in [7, 11) is 0. The van der Waals surface area contributed by atoms with Crippen molar-refractivity contribution < 1.29 is 4.79 Å². The Bertz CT molecular complexity index is 870. The van der Waals surface area contributed by atoms with Crippen LogP contribution in [0.4, 0.5) is 0 Å². The van der Waals surface area contributed by atoms with E-state index in [0.29, 0.717) is 26.3 Å². The Morgan fingerprint density at radius 1 is 1.26 bits per heavy atom. The third-order valence-corrected chi connectivity index (χ3v) is 5.23. The minimum Gasteiger partial charge on any atom is -0.345 e. The molecule has 2 heterocycles. The van der Waals surface area contributed by atoms with E-state index in [0.717, 1.165) is 9.35 Å². The Labute approximate surface area is 155 Å². The first-order valence-electron chi connectivity index (χ1n) is 6.51. The fourth-order valence-corrected chi connectivity index (χ4v) is 4.11. The Hall–Kier alpha value is -1.40. The van der Waals surface area contributed by atoms with Crippen LogP contribution in [0.2, 0.25) is 9.36 Å². The van der Waals surface area contributed by atoms with Gasteiger partial charge in [0.2, 0.25) is 0 Å². The van der Waals surface area contributed by atoms with Gasteiger partial charge in [0.05, 0.1) is 9.36 Å². The van der Waals surface area contributed by atoms with Gasteiger partial charge in [0, 0.05) is 28.5 Å². The predicted molar refractivity (Wildman–Crippen MR) is 99.3 cm³/mol. The number of allylic oxidation sites excluding steroid dienone is 1. The summed E-state index contributed by atoms with van der Waals surface area (Å²) in [6.07, 6.45) is 5.01. The Morgan fingerprint density at radius 3 is 2.57 bits per heavy atom. The molecule has 3 nitrogen and oxygen atoms in total. The van der Waals surface area contributed by atoms with Crippen molar-refractivity contribution in [2.24, 2.45) is 0 Å². The van der Waals surface area contributed by atoms with Gasteiger partial charge in [-0.2, -0.15) is 0 Å². The smallest absolute Gasteiger partial charge is 0.196 e. The maximum atomic E-state index is 12.9. The van der Waals surface area contributed by atoms with Crippen LogP contribution in [-0.4, -0.2) is 15.8 Å². The fraction of sp³-hybridized carbons (Fsp3) is 0. The first-order chi connectivity index (χ1) is 11.0. The van der Waals surface area contributed by atoms with Crippen molar-refractivity contribution in [3.05, 3.63) is 72.8 Å². The Kier molecular flexibility index (Phi) is 5.02. The van der Waals surface area contributed by atoms with E-state index >= 15 is 0 Å². The standard InChI is InChI=1S/C16H9BrCl2N2OS/c17-13-8-10(15(19)23-13)7-12(16-20-5-6-21-16)14(22)9-1-3-11(18)4-2-9/h1-8H,(H,20,21). The van der Waals surface area contributed by atoms with Gasteiger partial charge in [-0.1, -0.05) is 23.2 Å². The minimum atomic E-state index is -0.157. The zero-order valence-electron chi connectivity index (χ0n) is 11.5. The molecule has 0 unspecified atom stereocenters. The number of carbonyl (C=O) groups excluding carboxylic acids is 1. The van der Waals surface area contributed by atoms with Crippen molar-refractivity contribution in [1.29, 1.82) is 0 Å². The number of hydrogen-bond acceptors (Lipinski definition) is 3. The van der Waals surface area contributed by atoms with Gasteiger partial charge < -0.3 is 4.98 Å². The summed E-state index contributed by atoms with van der Waals surface area (Å²) >= 11 is 16.9. The molecule has 0 atom stereocenters. The Balaban J connectivity index is 2.08. The number of H-pyrrole nitrogens is 1. The number of rotatable bonds is 4. The number of nitrogens with one attached hydrogen (secondary N) is 1. The summed E-state index contributed by atoms with van der Waals surface area (Å²) in [5.74, 6) is 0.332. The molecule has 0 saturated carbocycles. The molecule has 0 spiro atoms. The molecule has 23 heavy (non-hydrogen) atoms. The van der Waals surface area contributed by atoms with Crippen LogP contribution >= 0.6 is 50.5 Å². The first kappa shape index (κ1) is 16.5. The minimum absolute atomic E-state index is 0.157. The highest BCUT2D eigenvalue weighted by atomic mass is 79.9. The van der Waals surface area contributed by atoms with E-state index < -0.39 is 0 Å². The van der Waals surface area contributed by atoms with Gasteiger partial charge in [-0.25, -0.2) is 4.98 Å². The molecule has 0 saturated heterocycles. The van der Waals surface area contributed by atoms with Gasteiger partial charge in [-0.3, -0.25) is 4.79 Å². The number of halogens is 3. The normalized spacial score (nSPS) is 11.7. The van der Waals surface area contributed by atoms with Gasteiger partial charge in [0.1, 0.15) is 10.2 Å². The molecule has 0 aliphatic carbocycles. The fourth-order valence-electron chi connectivity index (χ4n) is 2.02. The number of thiophene rings is 1. The molecular weight excluding hydrogens is 419 g/mol. The molecular formula is C16H9BrCl2N2OS. The average Bonchev–Trinajstić information content (AvgIpc) is 3.15. The number of ketones is 1. The summed E-state index contributed by atoms with van der Waals surface area (Å²) in [4.78, 5) is 20.0. The predicted octanol–water partition coefficient (Wildman–Crippen LogP) is 5.96. The van der Waals surface area contributed by atoms with Gasteiger partial charge in [0.15, 0.2) is 5.78 Å². The van der Waals surface area contributed by atoms with Gasteiger partial charge in [-0.15, -0.1) is 11.3 Å². The zero-order valence-corrected chi connectivity index (χ0v) is 15.4. The molecule has 0 aliphatic rings. The van der Waals surface area contributed by atoms with Crippen molar-refractivity contribution >= 4 is 67.9 Å². The second-order valence-electron chi connectivity index (χ2n) is 4.61. The van der Waals surface area contributed by atoms with E-state index in [9.17, 15) is 4.79 Å². The highest BCUT2D eigenvalue weighted by Gasteiger charge is 2.18. The SMILES string of the molecule is O=C(C(=Cc1cc(Br)sc1Cl)c1ncc[nH]1)c1ccc(Cl)cc1. The number of benzene rings is 1. The Morgan fingerprint density at radius 2 is 2.00 bits per heavy atom. The van der Waals surface area contributed by atoms with Gasteiger partial charge in [-0.05, 0) is 52.3 Å².